The summed E-state index contributed by atoms with van der Waals surface area (Å²) >= 11 is 0. The van der Waals surface area contributed by atoms with Crippen LogP contribution in [0.5, 0.6) is 0 Å². The maximum Gasteiger partial charge on any atom is 0.153 e. The van der Waals surface area contributed by atoms with E-state index in [-0.39, 0.29) is 5.92 Å². The molecule has 1 aromatic carbocycles. The summed E-state index contributed by atoms with van der Waals surface area (Å²) in [6, 6.07) is 9.98. The SMILES string of the molecule is CO[C@]1(C#CC(O)(c2ccccc2)C2CCNCC2)CN2CCC1CC2. The molecule has 4 aliphatic heterocycles. The van der Waals surface area contributed by atoms with Crippen LogP contribution in [-0.4, -0.2) is 55.4 Å². The second-order valence-corrected chi connectivity index (χ2v) is 8.05. The quantitative estimate of drug-likeness (QED) is 0.815. The summed E-state index contributed by atoms with van der Waals surface area (Å²) in [6.07, 6.45) is 4.16. The van der Waals surface area contributed by atoms with E-state index in [0.717, 1.165) is 64.0 Å². The van der Waals surface area contributed by atoms with Gasteiger partial charge >= 0.3 is 0 Å². The number of methoxy groups -OCH3 is 1. The van der Waals surface area contributed by atoms with Gasteiger partial charge in [-0.15, -0.1) is 0 Å². The smallest absolute Gasteiger partial charge is 0.153 e. The normalized spacial score (nSPS) is 33.9. The van der Waals surface area contributed by atoms with Gasteiger partial charge in [-0.2, -0.15) is 0 Å². The van der Waals surface area contributed by atoms with Crippen molar-refractivity contribution in [3.63, 3.8) is 0 Å². The fraction of sp³-hybridized carbons (Fsp3) is 0.636. The van der Waals surface area contributed by atoms with Crippen LogP contribution in [0.3, 0.4) is 0 Å². The van der Waals surface area contributed by atoms with Crippen LogP contribution in [0, 0.1) is 23.7 Å². The Labute approximate surface area is 156 Å². The lowest BCUT2D eigenvalue weighted by Crippen LogP contribution is -2.59. The Kier molecular flexibility index (Phi) is 5.07. The molecule has 0 aromatic heterocycles. The molecule has 4 saturated heterocycles. The van der Waals surface area contributed by atoms with Gasteiger partial charge in [-0.3, -0.25) is 4.90 Å². The molecular weight excluding hydrogens is 324 g/mol. The van der Waals surface area contributed by atoms with E-state index in [9.17, 15) is 5.11 Å². The van der Waals surface area contributed by atoms with Gasteiger partial charge in [0.05, 0.1) is 0 Å². The van der Waals surface area contributed by atoms with E-state index >= 15 is 0 Å². The monoisotopic (exact) mass is 354 g/mol. The summed E-state index contributed by atoms with van der Waals surface area (Å²) in [5.41, 5.74) is -0.639. The Morgan fingerprint density at radius 3 is 2.42 bits per heavy atom. The zero-order valence-corrected chi connectivity index (χ0v) is 15.7. The molecule has 4 heteroatoms. The number of fused-ring (bicyclic) bond motifs is 3. The van der Waals surface area contributed by atoms with Gasteiger partial charge in [0.1, 0.15) is 5.60 Å². The maximum atomic E-state index is 11.7. The summed E-state index contributed by atoms with van der Waals surface area (Å²) in [5, 5.41) is 15.1. The highest BCUT2D eigenvalue weighted by Gasteiger charge is 2.47. The number of aliphatic hydroxyl groups is 1. The van der Waals surface area contributed by atoms with Crippen molar-refractivity contribution in [1.82, 2.24) is 10.2 Å². The summed E-state index contributed by atoms with van der Waals surface area (Å²) < 4.78 is 5.99. The minimum absolute atomic E-state index is 0.147. The van der Waals surface area contributed by atoms with Crippen LogP contribution in [0.4, 0.5) is 0 Å². The minimum atomic E-state index is -1.11. The van der Waals surface area contributed by atoms with Gasteiger partial charge in [0.2, 0.25) is 0 Å². The minimum Gasteiger partial charge on any atom is -0.373 e. The summed E-state index contributed by atoms with van der Waals surface area (Å²) in [4.78, 5) is 2.45. The van der Waals surface area contributed by atoms with E-state index < -0.39 is 11.2 Å². The van der Waals surface area contributed by atoms with E-state index in [2.05, 4.69) is 22.1 Å². The predicted molar refractivity (Wildman–Crippen MR) is 103 cm³/mol. The van der Waals surface area contributed by atoms with Gasteiger partial charge in [-0.05, 0) is 57.4 Å². The Morgan fingerprint density at radius 2 is 1.85 bits per heavy atom. The Balaban J connectivity index is 1.70. The molecule has 2 N–H and O–H groups in total. The van der Waals surface area contributed by atoms with E-state index in [1.807, 2.05) is 30.3 Å². The first-order valence-corrected chi connectivity index (χ1v) is 9.97. The number of nitrogens with zero attached hydrogens (tertiary/aromatic N) is 1. The lowest BCUT2D eigenvalue weighted by molar-refractivity contribution is -0.0968. The van der Waals surface area contributed by atoms with E-state index in [0.29, 0.717) is 5.92 Å². The molecule has 2 bridgehead atoms. The summed E-state index contributed by atoms with van der Waals surface area (Å²) in [6.45, 7) is 5.03. The topological polar surface area (TPSA) is 44.7 Å². The van der Waals surface area contributed by atoms with Gasteiger partial charge in [0.25, 0.3) is 0 Å². The third-order valence-electron chi connectivity index (χ3n) is 6.68. The van der Waals surface area contributed by atoms with Gasteiger partial charge in [0.15, 0.2) is 5.60 Å². The van der Waals surface area contributed by atoms with E-state index in [1.54, 1.807) is 7.11 Å². The number of hydrogen-bond donors (Lipinski definition) is 2. The molecule has 5 rings (SSSR count). The van der Waals surface area contributed by atoms with Crippen LogP contribution in [0.2, 0.25) is 0 Å². The van der Waals surface area contributed by atoms with E-state index in [1.165, 1.54) is 0 Å². The number of ether oxygens (including phenoxy) is 1. The van der Waals surface area contributed by atoms with Crippen LogP contribution < -0.4 is 5.32 Å². The fourth-order valence-electron chi connectivity index (χ4n) is 4.99. The molecule has 26 heavy (non-hydrogen) atoms. The first-order valence-electron chi connectivity index (χ1n) is 9.97. The fourth-order valence-corrected chi connectivity index (χ4v) is 4.99. The van der Waals surface area contributed by atoms with Crippen molar-refractivity contribution in [2.45, 2.75) is 36.9 Å². The third kappa shape index (κ3) is 3.18. The lowest BCUT2D eigenvalue weighted by Gasteiger charge is -2.50. The first kappa shape index (κ1) is 18.0. The van der Waals surface area contributed by atoms with Gasteiger partial charge < -0.3 is 15.2 Å². The average molecular weight is 354 g/mol. The predicted octanol–water partition coefficient (Wildman–Crippen LogP) is 1.99. The Bertz CT molecular complexity index is 668. The molecule has 4 aliphatic rings. The van der Waals surface area contributed by atoms with Gasteiger partial charge in [0, 0.05) is 25.5 Å². The highest BCUT2D eigenvalue weighted by molar-refractivity contribution is 5.36. The van der Waals surface area contributed by atoms with Crippen molar-refractivity contribution in [1.29, 1.82) is 0 Å². The second kappa shape index (κ2) is 7.32. The maximum absolute atomic E-state index is 11.7. The van der Waals surface area contributed by atoms with Crippen LogP contribution in [-0.2, 0) is 10.3 Å². The summed E-state index contributed by atoms with van der Waals surface area (Å²) in [5.74, 6) is 7.44. The number of piperidine rings is 4. The van der Waals surface area contributed by atoms with Crippen molar-refractivity contribution in [3.8, 4) is 11.8 Å². The molecule has 4 fully saturated rings. The van der Waals surface area contributed by atoms with Gasteiger partial charge in [-0.25, -0.2) is 0 Å². The van der Waals surface area contributed by atoms with Crippen LogP contribution >= 0.6 is 0 Å². The lowest BCUT2D eigenvalue weighted by atomic mass is 9.73. The molecule has 140 valence electrons. The zero-order chi connectivity index (χ0) is 18.0. The van der Waals surface area contributed by atoms with Crippen molar-refractivity contribution in [3.05, 3.63) is 35.9 Å². The molecule has 4 heterocycles. The molecule has 0 radical (unpaired) electrons. The second-order valence-electron chi connectivity index (χ2n) is 8.05. The molecule has 1 unspecified atom stereocenters. The molecule has 0 spiro atoms. The van der Waals surface area contributed by atoms with Gasteiger partial charge in [-0.1, -0.05) is 42.2 Å². The Morgan fingerprint density at radius 1 is 1.15 bits per heavy atom. The van der Waals surface area contributed by atoms with Crippen LogP contribution in [0.1, 0.15) is 31.2 Å². The number of rotatable bonds is 3. The molecular formula is C22H30N2O2. The number of hydrogen-bond acceptors (Lipinski definition) is 4. The zero-order valence-electron chi connectivity index (χ0n) is 15.7. The summed E-state index contributed by atoms with van der Waals surface area (Å²) in [7, 11) is 1.78. The standard InChI is InChI=1S/C22H30N2O2/c1-26-21(17-24-15-9-18(21)10-16-24)11-12-22(25,19-5-3-2-4-6-19)20-7-13-23-14-8-20/h2-6,18,20,23,25H,7-10,13-17H2,1H3/t21-,22?/m1/s1. The molecule has 4 nitrogen and oxygen atoms in total. The van der Waals surface area contributed by atoms with Crippen molar-refractivity contribution in [2.75, 3.05) is 39.8 Å². The molecule has 0 amide bonds. The number of nitrogens with one attached hydrogen (secondary N) is 1. The number of benzene rings is 1. The largest absolute Gasteiger partial charge is 0.373 e. The first-order chi connectivity index (χ1) is 12.7. The third-order valence-corrected chi connectivity index (χ3v) is 6.68. The van der Waals surface area contributed by atoms with Crippen molar-refractivity contribution in [2.24, 2.45) is 11.8 Å². The van der Waals surface area contributed by atoms with Crippen molar-refractivity contribution >= 4 is 0 Å². The van der Waals surface area contributed by atoms with Crippen LogP contribution in [0.15, 0.2) is 30.3 Å². The van der Waals surface area contributed by atoms with Crippen molar-refractivity contribution < 1.29 is 9.84 Å². The van der Waals surface area contributed by atoms with E-state index in [4.69, 9.17) is 4.74 Å². The molecule has 0 saturated carbocycles. The molecule has 1 aromatic rings. The van der Waals surface area contributed by atoms with Crippen LogP contribution in [0.25, 0.3) is 0 Å². The molecule has 0 aliphatic carbocycles. The highest BCUT2D eigenvalue weighted by atomic mass is 16.5. The highest BCUT2D eigenvalue weighted by Crippen LogP contribution is 2.39. The average Bonchev–Trinajstić information content (AvgIpc) is 2.74. The molecule has 2 atom stereocenters. The Hall–Kier alpha value is -1.38.